The van der Waals surface area contributed by atoms with Gasteiger partial charge in [0.05, 0.1) is 16.9 Å². The Morgan fingerprint density at radius 3 is 2.40 bits per heavy atom. The maximum atomic E-state index is 12.8. The van der Waals surface area contributed by atoms with E-state index in [9.17, 15) is 14.7 Å². The highest BCUT2D eigenvalue weighted by Crippen LogP contribution is 2.23. The molecule has 0 radical (unpaired) electrons. The molecule has 25 heavy (non-hydrogen) atoms. The number of aromatic hydroxyl groups is 1. The number of aromatic nitrogens is 2. The molecule has 0 saturated heterocycles. The third-order valence-corrected chi connectivity index (χ3v) is 4.28. The molecule has 0 saturated carbocycles. The van der Waals surface area contributed by atoms with Crippen LogP contribution in [-0.4, -0.2) is 20.4 Å². The number of aryl methyl sites for hydroxylation is 1. The lowest BCUT2D eigenvalue weighted by Gasteiger charge is -2.07. The molecule has 3 rings (SSSR count). The standard InChI is InChI=1S/C19H19N3O3/c1-12-8-7-11-15(17(12)23)18(24)20-16-13(2)21(3)22(19(16)25)14-9-5-4-6-10-14/h4-11,23H,1-3H3,(H,20,24). The van der Waals surface area contributed by atoms with Crippen molar-refractivity contribution in [3.8, 4) is 11.4 Å². The Kier molecular flexibility index (Phi) is 4.19. The number of nitrogens with zero attached hydrogens (tertiary/aromatic N) is 2. The van der Waals surface area contributed by atoms with Gasteiger partial charge in [-0.15, -0.1) is 0 Å². The predicted octanol–water partition coefficient (Wildman–Crippen LogP) is 2.75. The number of nitrogens with one attached hydrogen (secondary N) is 1. The fraction of sp³-hybridized carbons (Fsp3) is 0.158. The maximum Gasteiger partial charge on any atom is 0.295 e. The zero-order chi connectivity index (χ0) is 18.1. The van der Waals surface area contributed by atoms with E-state index in [0.717, 1.165) is 0 Å². The van der Waals surface area contributed by atoms with Crippen molar-refractivity contribution in [2.24, 2.45) is 7.05 Å². The quantitative estimate of drug-likeness (QED) is 0.771. The van der Waals surface area contributed by atoms with Crippen LogP contribution in [0.5, 0.6) is 5.75 Å². The fourth-order valence-electron chi connectivity index (χ4n) is 2.74. The predicted molar refractivity (Wildman–Crippen MR) is 96.5 cm³/mol. The second-order valence-corrected chi connectivity index (χ2v) is 5.86. The van der Waals surface area contributed by atoms with E-state index in [2.05, 4.69) is 5.32 Å². The van der Waals surface area contributed by atoms with Crippen LogP contribution in [0, 0.1) is 13.8 Å². The monoisotopic (exact) mass is 337 g/mol. The lowest BCUT2D eigenvalue weighted by atomic mass is 10.1. The summed E-state index contributed by atoms with van der Waals surface area (Å²) in [6, 6.07) is 14.1. The summed E-state index contributed by atoms with van der Waals surface area (Å²) in [6.45, 7) is 3.47. The number of benzene rings is 2. The number of hydrogen-bond donors (Lipinski definition) is 2. The van der Waals surface area contributed by atoms with Gasteiger partial charge in [0, 0.05) is 7.05 Å². The van der Waals surface area contributed by atoms with Crippen molar-refractivity contribution >= 4 is 11.6 Å². The lowest BCUT2D eigenvalue weighted by molar-refractivity contribution is 0.102. The molecule has 0 bridgehead atoms. The van der Waals surface area contributed by atoms with E-state index in [-0.39, 0.29) is 22.6 Å². The SMILES string of the molecule is Cc1cccc(C(=O)Nc2c(C)n(C)n(-c3ccccc3)c2=O)c1O. The molecule has 3 aromatic rings. The van der Waals surface area contributed by atoms with E-state index in [1.165, 1.54) is 10.7 Å². The number of phenolic OH excluding ortho intramolecular Hbond substituents is 1. The molecule has 2 N–H and O–H groups in total. The summed E-state index contributed by atoms with van der Waals surface area (Å²) in [5, 5.41) is 12.7. The Morgan fingerprint density at radius 1 is 1.04 bits per heavy atom. The molecule has 2 aromatic carbocycles. The van der Waals surface area contributed by atoms with E-state index in [0.29, 0.717) is 16.9 Å². The van der Waals surface area contributed by atoms with E-state index < -0.39 is 5.91 Å². The van der Waals surface area contributed by atoms with Crippen molar-refractivity contribution < 1.29 is 9.90 Å². The van der Waals surface area contributed by atoms with Crippen molar-refractivity contribution in [1.82, 2.24) is 9.36 Å². The van der Waals surface area contributed by atoms with E-state index in [1.807, 2.05) is 30.3 Å². The summed E-state index contributed by atoms with van der Waals surface area (Å²) in [5.41, 5.74) is 1.92. The minimum absolute atomic E-state index is 0.0861. The molecular weight excluding hydrogens is 318 g/mol. The Bertz CT molecular complexity index is 1000. The van der Waals surface area contributed by atoms with Crippen molar-refractivity contribution in [2.45, 2.75) is 13.8 Å². The third kappa shape index (κ3) is 2.82. The fourth-order valence-corrected chi connectivity index (χ4v) is 2.74. The maximum absolute atomic E-state index is 12.8. The molecule has 0 fully saturated rings. The molecule has 0 aliphatic carbocycles. The van der Waals surface area contributed by atoms with Gasteiger partial charge in [0.2, 0.25) is 0 Å². The van der Waals surface area contributed by atoms with E-state index in [1.54, 1.807) is 37.7 Å². The van der Waals surface area contributed by atoms with Gasteiger partial charge in [0.15, 0.2) is 0 Å². The second kappa shape index (κ2) is 6.32. The molecule has 0 unspecified atom stereocenters. The van der Waals surface area contributed by atoms with Crippen molar-refractivity contribution in [3.63, 3.8) is 0 Å². The molecule has 0 aliphatic heterocycles. The topological polar surface area (TPSA) is 76.3 Å². The Labute approximate surface area is 144 Å². The first-order valence-electron chi connectivity index (χ1n) is 7.85. The first-order valence-corrected chi connectivity index (χ1v) is 7.85. The normalized spacial score (nSPS) is 10.7. The number of rotatable bonds is 3. The average molecular weight is 337 g/mol. The summed E-state index contributed by atoms with van der Waals surface area (Å²) in [7, 11) is 1.75. The number of anilines is 1. The Morgan fingerprint density at radius 2 is 1.72 bits per heavy atom. The van der Waals surface area contributed by atoms with Gasteiger partial charge >= 0.3 is 0 Å². The van der Waals surface area contributed by atoms with Gasteiger partial charge in [-0.3, -0.25) is 14.3 Å². The molecule has 128 valence electrons. The highest BCUT2D eigenvalue weighted by Gasteiger charge is 2.20. The lowest BCUT2D eigenvalue weighted by Crippen LogP contribution is -2.23. The summed E-state index contributed by atoms with van der Waals surface area (Å²) < 4.78 is 3.17. The number of carbonyl (C=O) groups excluding carboxylic acids is 1. The van der Waals surface area contributed by atoms with Gasteiger partial charge in [0.1, 0.15) is 11.4 Å². The van der Waals surface area contributed by atoms with Gasteiger partial charge in [-0.25, -0.2) is 4.68 Å². The third-order valence-electron chi connectivity index (χ3n) is 4.28. The molecule has 1 aromatic heterocycles. The molecule has 0 aliphatic rings. The van der Waals surface area contributed by atoms with Gasteiger partial charge in [0.25, 0.3) is 11.5 Å². The van der Waals surface area contributed by atoms with E-state index >= 15 is 0 Å². The highest BCUT2D eigenvalue weighted by molar-refractivity contribution is 6.06. The van der Waals surface area contributed by atoms with E-state index in [4.69, 9.17) is 0 Å². The Balaban J connectivity index is 2.03. The van der Waals surface area contributed by atoms with Crippen LogP contribution in [0.4, 0.5) is 5.69 Å². The molecule has 1 amide bonds. The van der Waals surface area contributed by atoms with Crippen LogP contribution in [0.2, 0.25) is 0 Å². The van der Waals surface area contributed by atoms with Gasteiger partial charge < -0.3 is 10.4 Å². The number of para-hydroxylation sites is 2. The molecular formula is C19H19N3O3. The minimum atomic E-state index is -0.521. The minimum Gasteiger partial charge on any atom is -0.507 e. The zero-order valence-electron chi connectivity index (χ0n) is 14.3. The van der Waals surface area contributed by atoms with Crippen LogP contribution < -0.4 is 10.9 Å². The largest absolute Gasteiger partial charge is 0.507 e. The smallest absolute Gasteiger partial charge is 0.295 e. The number of hydrogen-bond acceptors (Lipinski definition) is 3. The molecule has 0 spiro atoms. The first-order chi connectivity index (χ1) is 11.9. The Hall–Kier alpha value is -3.28. The van der Waals surface area contributed by atoms with Crippen LogP contribution in [0.25, 0.3) is 5.69 Å². The van der Waals surface area contributed by atoms with Gasteiger partial charge in [-0.1, -0.05) is 30.3 Å². The molecule has 0 atom stereocenters. The molecule has 6 nitrogen and oxygen atoms in total. The summed E-state index contributed by atoms with van der Waals surface area (Å²) in [6.07, 6.45) is 0. The van der Waals surface area contributed by atoms with Crippen LogP contribution >= 0.6 is 0 Å². The van der Waals surface area contributed by atoms with Crippen LogP contribution in [0.15, 0.2) is 53.3 Å². The van der Waals surface area contributed by atoms with Gasteiger partial charge in [-0.05, 0) is 37.6 Å². The van der Waals surface area contributed by atoms with Gasteiger partial charge in [-0.2, -0.15) is 0 Å². The summed E-state index contributed by atoms with van der Waals surface area (Å²) in [5.74, 6) is -0.607. The van der Waals surface area contributed by atoms with Crippen LogP contribution in [0.1, 0.15) is 21.6 Å². The van der Waals surface area contributed by atoms with Crippen LogP contribution in [0.3, 0.4) is 0 Å². The molecule has 6 heteroatoms. The number of phenols is 1. The molecule has 1 heterocycles. The van der Waals surface area contributed by atoms with Crippen molar-refractivity contribution in [2.75, 3.05) is 5.32 Å². The number of amides is 1. The second-order valence-electron chi connectivity index (χ2n) is 5.86. The highest BCUT2D eigenvalue weighted by atomic mass is 16.3. The van der Waals surface area contributed by atoms with Crippen molar-refractivity contribution in [3.05, 3.63) is 75.7 Å². The zero-order valence-corrected chi connectivity index (χ0v) is 14.3. The van der Waals surface area contributed by atoms with Crippen molar-refractivity contribution in [1.29, 1.82) is 0 Å². The average Bonchev–Trinajstić information content (AvgIpc) is 2.81. The first kappa shape index (κ1) is 16.6. The number of carbonyl (C=O) groups is 1. The van der Waals surface area contributed by atoms with Crippen LogP contribution in [-0.2, 0) is 7.05 Å². The summed E-state index contributed by atoms with van der Waals surface area (Å²) in [4.78, 5) is 25.3. The summed E-state index contributed by atoms with van der Waals surface area (Å²) >= 11 is 0.